The summed E-state index contributed by atoms with van der Waals surface area (Å²) in [5, 5.41) is 3.18. The zero-order chi connectivity index (χ0) is 16.9. The van der Waals surface area contributed by atoms with Crippen LogP contribution in [0.1, 0.15) is 32.6 Å². The molecule has 6 heteroatoms. The standard InChI is InChI=1S/C18H24N2O4/c1-2-9-23-14-7-5-13(6-8-14)20-17(21)11-16(18(20)22)19-12-15-4-3-10-24-15/h5-8,15-16,19H,2-4,9-12H2,1H3/t15-,16+/m1/s1. The van der Waals surface area contributed by atoms with E-state index in [0.29, 0.717) is 18.8 Å². The Morgan fingerprint density at radius 2 is 2.08 bits per heavy atom. The van der Waals surface area contributed by atoms with Gasteiger partial charge in [-0.1, -0.05) is 6.92 Å². The summed E-state index contributed by atoms with van der Waals surface area (Å²) in [5.41, 5.74) is 0.593. The van der Waals surface area contributed by atoms with Crippen molar-refractivity contribution in [2.75, 3.05) is 24.7 Å². The van der Waals surface area contributed by atoms with Gasteiger partial charge in [0, 0.05) is 13.2 Å². The van der Waals surface area contributed by atoms with Crippen LogP contribution in [0, 0.1) is 0 Å². The summed E-state index contributed by atoms with van der Waals surface area (Å²) in [6.07, 6.45) is 3.34. The van der Waals surface area contributed by atoms with Gasteiger partial charge in [0.2, 0.25) is 5.91 Å². The molecule has 0 aromatic heterocycles. The molecular formula is C18H24N2O4. The maximum absolute atomic E-state index is 12.5. The zero-order valence-corrected chi connectivity index (χ0v) is 14.0. The number of anilines is 1. The van der Waals surface area contributed by atoms with Crippen LogP contribution < -0.4 is 15.0 Å². The van der Waals surface area contributed by atoms with Gasteiger partial charge in [0.05, 0.1) is 30.9 Å². The first-order valence-corrected chi connectivity index (χ1v) is 8.63. The van der Waals surface area contributed by atoms with Gasteiger partial charge >= 0.3 is 0 Å². The summed E-state index contributed by atoms with van der Waals surface area (Å²) >= 11 is 0. The van der Waals surface area contributed by atoms with E-state index in [2.05, 4.69) is 5.32 Å². The van der Waals surface area contributed by atoms with Gasteiger partial charge in [0.1, 0.15) is 5.75 Å². The Balaban J connectivity index is 1.60. The van der Waals surface area contributed by atoms with Gasteiger partial charge < -0.3 is 14.8 Å². The summed E-state index contributed by atoms with van der Waals surface area (Å²) in [7, 11) is 0. The lowest BCUT2D eigenvalue weighted by atomic mass is 10.2. The highest BCUT2D eigenvalue weighted by Crippen LogP contribution is 2.25. The molecule has 1 aromatic rings. The molecule has 2 aliphatic rings. The number of nitrogens with one attached hydrogen (secondary N) is 1. The van der Waals surface area contributed by atoms with Crippen molar-refractivity contribution in [3.05, 3.63) is 24.3 Å². The number of imide groups is 1. The summed E-state index contributed by atoms with van der Waals surface area (Å²) in [6, 6.07) is 6.63. The molecule has 0 spiro atoms. The lowest BCUT2D eigenvalue weighted by Gasteiger charge is -2.17. The molecule has 130 valence electrons. The van der Waals surface area contributed by atoms with E-state index in [1.165, 1.54) is 4.90 Å². The van der Waals surface area contributed by atoms with Crippen molar-refractivity contribution in [3.63, 3.8) is 0 Å². The van der Waals surface area contributed by atoms with Crippen LogP contribution in [0.15, 0.2) is 24.3 Å². The minimum atomic E-state index is -0.460. The Bertz CT molecular complexity index is 581. The van der Waals surface area contributed by atoms with Gasteiger partial charge in [-0.2, -0.15) is 0 Å². The third-order valence-electron chi connectivity index (χ3n) is 4.33. The zero-order valence-electron chi connectivity index (χ0n) is 14.0. The molecule has 2 atom stereocenters. The number of rotatable bonds is 7. The van der Waals surface area contributed by atoms with Gasteiger partial charge in [-0.3, -0.25) is 9.59 Å². The number of hydrogen-bond donors (Lipinski definition) is 1. The van der Waals surface area contributed by atoms with Gasteiger partial charge in [0.25, 0.3) is 5.91 Å². The fraction of sp³-hybridized carbons (Fsp3) is 0.556. The molecule has 0 unspecified atom stereocenters. The third-order valence-corrected chi connectivity index (χ3v) is 4.33. The Morgan fingerprint density at radius 1 is 1.29 bits per heavy atom. The number of carbonyl (C=O) groups excluding carboxylic acids is 2. The molecule has 2 heterocycles. The molecule has 0 saturated carbocycles. The summed E-state index contributed by atoms with van der Waals surface area (Å²) in [4.78, 5) is 26.1. The van der Waals surface area contributed by atoms with Crippen molar-refractivity contribution in [2.24, 2.45) is 0 Å². The topological polar surface area (TPSA) is 67.9 Å². The van der Waals surface area contributed by atoms with Crippen molar-refractivity contribution < 1.29 is 19.1 Å². The highest BCUT2D eigenvalue weighted by atomic mass is 16.5. The van der Waals surface area contributed by atoms with E-state index in [1.54, 1.807) is 24.3 Å². The van der Waals surface area contributed by atoms with Crippen LogP contribution in [0.5, 0.6) is 5.75 Å². The maximum atomic E-state index is 12.5. The van der Waals surface area contributed by atoms with Crippen LogP contribution in [0.2, 0.25) is 0 Å². The minimum Gasteiger partial charge on any atom is -0.494 e. The fourth-order valence-electron chi connectivity index (χ4n) is 3.05. The molecule has 2 amide bonds. The maximum Gasteiger partial charge on any atom is 0.251 e. The van der Waals surface area contributed by atoms with E-state index in [9.17, 15) is 9.59 Å². The molecule has 6 nitrogen and oxygen atoms in total. The molecule has 24 heavy (non-hydrogen) atoms. The Morgan fingerprint density at radius 3 is 2.75 bits per heavy atom. The predicted molar refractivity (Wildman–Crippen MR) is 90.1 cm³/mol. The molecule has 1 aromatic carbocycles. The first-order chi connectivity index (χ1) is 11.7. The fourth-order valence-corrected chi connectivity index (χ4v) is 3.05. The van der Waals surface area contributed by atoms with E-state index in [-0.39, 0.29) is 24.3 Å². The highest BCUT2D eigenvalue weighted by molar-refractivity contribution is 6.22. The van der Waals surface area contributed by atoms with Crippen molar-refractivity contribution in [2.45, 2.75) is 44.8 Å². The molecule has 2 saturated heterocycles. The monoisotopic (exact) mass is 332 g/mol. The van der Waals surface area contributed by atoms with Crippen LogP contribution in [-0.2, 0) is 14.3 Å². The lowest BCUT2D eigenvalue weighted by molar-refractivity contribution is -0.121. The normalized spacial score (nSPS) is 24.0. The smallest absolute Gasteiger partial charge is 0.251 e. The van der Waals surface area contributed by atoms with E-state index in [0.717, 1.165) is 31.6 Å². The van der Waals surface area contributed by atoms with Crippen molar-refractivity contribution >= 4 is 17.5 Å². The molecule has 0 aliphatic carbocycles. The van der Waals surface area contributed by atoms with Crippen LogP contribution in [0.25, 0.3) is 0 Å². The average Bonchev–Trinajstić information content (AvgIpc) is 3.20. The van der Waals surface area contributed by atoms with E-state index in [4.69, 9.17) is 9.47 Å². The largest absolute Gasteiger partial charge is 0.494 e. The number of hydrogen-bond acceptors (Lipinski definition) is 5. The number of benzene rings is 1. The Kier molecular flexibility index (Phi) is 5.48. The lowest BCUT2D eigenvalue weighted by Crippen LogP contribution is -2.41. The van der Waals surface area contributed by atoms with Crippen molar-refractivity contribution in [1.29, 1.82) is 0 Å². The Hall–Kier alpha value is -1.92. The second-order valence-electron chi connectivity index (χ2n) is 6.21. The number of nitrogens with zero attached hydrogens (tertiary/aromatic N) is 1. The van der Waals surface area contributed by atoms with Crippen molar-refractivity contribution in [3.8, 4) is 5.75 Å². The average molecular weight is 332 g/mol. The van der Waals surface area contributed by atoms with E-state index < -0.39 is 6.04 Å². The third kappa shape index (κ3) is 3.76. The first kappa shape index (κ1) is 16.9. The van der Waals surface area contributed by atoms with Crippen molar-refractivity contribution in [1.82, 2.24) is 5.32 Å². The minimum absolute atomic E-state index is 0.150. The van der Waals surface area contributed by atoms with Gasteiger partial charge in [-0.25, -0.2) is 4.90 Å². The quantitative estimate of drug-likeness (QED) is 0.772. The highest BCUT2D eigenvalue weighted by Gasteiger charge is 2.39. The number of amides is 2. The van der Waals surface area contributed by atoms with E-state index >= 15 is 0 Å². The van der Waals surface area contributed by atoms with Crippen LogP contribution in [0.4, 0.5) is 5.69 Å². The van der Waals surface area contributed by atoms with Crippen LogP contribution >= 0.6 is 0 Å². The summed E-state index contributed by atoms with van der Waals surface area (Å²) in [6.45, 7) is 4.08. The van der Waals surface area contributed by atoms with Gasteiger partial charge in [-0.05, 0) is 43.5 Å². The Labute approximate surface area is 142 Å². The molecule has 1 N–H and O–H groups in total. The second kappa shape index (κ2) is 7.77. The summed E-state index contributed by atoms with van der Waals surface area (Å²) < 4.78 is 11.1. The number of carbonyl (C=O) groups is 2. The molecule has 2 aliphatic heterocycles. The van der Waals surface area contributed by atoms with Gasteiger partial charge in [-0.15, -0.1) is 0 Å². The van der Waals surface area contributed by atoms with E-state index in [1.807, 2.05) is 6.92 Å². The molecule has 2 fully saturated rings. The summed E-state index contributed by atoms with van der Waals surface area (Å²) in [5.74, 6) is 0.375. The van der Waals surface area contributed by atoms with Crippen LogP contribution in [0.3, 0.4) is 0 Å². The number of ether oxygens (including phenoxy) is 2. The van der Waals surface area contributed by atoms with Crippen LogP contribution in [-0.4, -0.2) is 43.7 Å². The molecule has 3 rings (SSSR count). The molecule has 0 bridgehead atoms. The predicted octanol–water partition coefficient (Wildman–Crippen LogP) is 1.88. The molecular weight excluding hydrogens is 308 g/mol. The second-order valence-corrected chi connectivity index (χ2v) is 6.21. The first-order valence-electron chi connectivity index (χ1n) is 8.63. The molecule has 0 radical (unpaired) electrons. The SMILES string of the molecule is CCCOc1ccc(N2C(=O)C[C@H](NC[C@H]3CCCO3)C2=O)cc1. The van der Waals surface area contributed by atoms with Gasteiger partial charge in [0.15, 0.2) is 0 Å².